The Morgan fingerprint density at radius 3 is 2.71 bits per heavy atom. The molecule has 2 rings (SSSR count). The SMILES string of the molecule is CC(CN)(NC(=O)CCNC(=O)c1cccs1)C1CC1.Cl. The highest BCUT2D eigenvalue weighted by Gasteiger charge is 2.41. The van der Waals surface area contributed by atoms with Gasteiger partial charge in [-0.25, -0.2) is 0 Å². The van der Waals surface area contributed by atoms with Gasteiger partial charge < -0.3 is 16.4 Å². The summed E-state index contributed by atoms with van der Waals surface area (Å²) < 4.78 is 0. The molecular weight excluding hydrogens is 310 g/mol. The molecule has 7 heteroatoms. The van der Waals surface area contributed by atoms with Gasteiger partial charge in [-0.2, -0.15) is 0 Å². The quantitative estimate of drug-likeness (QED) is 0.708. The van der Waals surface area contributed by atoms with Crippen molar-refractivity contribution in [1.29, 1.82) is 0 Å². The van der Waals surface area contributed by atoms with Gasteiger partial charge in [-0.15, -0.1) is 23.7 Å². The maximum atomic E-state index is 11.9. The van der Waals surface area contributed by atoms with E-state index in [-0.39, 0.29) is 36.2 Å². The van der Waals surface area contributed by atoms with Crippen LogP contribution in [0.25, 0.3) is 0 Å². The summed E-state index contributed by atoms with van der Waals surface area (Å²) in [5, 5.41) is 7.60. The number of hydrogen-bond donors (Lipinski definition) is 3. The normalized spacial score (nSPS) is 16.5. The summed E-state index contributed by atoms with van der Waals surface area (Å²) in [6.45, 7) is 2.78. The van der Waals surface area contributed by atoms with Crippen molar-refractivity contribution < 1.29 is 9.59 Å². The summed E-state index contributed by atoms with van der Waals surface area (Å²) in [5.41, 5.74) is 5.46. The Kier molecular flexibility index (Phi) is 6.64. The van der Waals surface area contributed by atoms with E-state index >= 15 is 0 Å². The van der Waals surface area contributed by atoms with Crippen molar-refractivity contribution in [3.63, 3.8) is 0 Å². The molecule has 4 N–H and O–H groups in total. The van der Waals surface area contributed by atoms with Gasteiger partial charge in [-0.1, -0.05) is 6.07 Å². The number of hydrogen-bond acceptors (Lipinski definition) is 4. The average molecular weight is 332 g/mol. The van der Waals surface area contributed by atoms with Crippen LogP contribution in [-0.4, -0.2) is 30.4 Å². The van der Waals surface area contributed by atoms with Crippen molar-refractivity contribution in [2.24, 2.45) is 11.7 Å². The Balaban J connectivity index is 0.00000220. The van der Waals surface area contributed by atoms with Crippen LogP contribution in [0, 0.1) is 5.92 Å². The third-order valence-electron chi connectivity index (χ3n) is 3.71. The Bertz CT molecular complexity index is 477. The zero-order valence-electron chi connectivity index (χ0n) is 12.1. The van der Waals surface area contributed by atoms with E-state index in [4.69, 9.17) is 5.73 Å². The highest BCUT2D eigenvalue weighted by Crippen LogP contribution is 2.38. The summed E-state index contributed by atoms with van der Waals surface area (Å²) in [5.74, 6) is 0.310. The van der Waals surface area contributed by atoms with Gasteiger partial charge in [0.2, 0.25) is 5.91 Å². The lowest BCUT2D eigenvalue weighted by Gasteiger charge is -2.29. The Hall–Kier alpha value is -1.11. The molecule has 1 aliphatic rings. The van der Waals surface area contributed by atoms with E-state index < -0.39 is 0 Å². The fraction of sp³-hybridized carbons (Fsp3) is 0.571. The Morgan fingerprint density at radius 1 is 1.48 bits per heavy atom. The van der Waals surface area contributed by atoms with Crippen molar-refractivity contribution in [3.05, 3.63) is 22.4 Å². The minimum absolute atomic E-state index is 0. The van der Waals surface area contributed by atoms with Crippen LogP contribution in [0.4, 0.5) is 0 Å². The molecule has 0 saturated heterocycles. The van der Waals surface area contributed by atoms with Gasteiger partial charge in [-0.05, 0) is 37.1 Å². The van der Waals surface area contributed by atoms with E-state index in [1.54, 1.807) is 6.07 Å². The van der Waals surface area contributed by atoms with Gasteiger partial charge in [-0.3, -0.25) is 9.59 Å². The first-order valence-electron chi connectivity index (χ1n) is 6.88. The second kappa shape index (κ2) is 7.77. The number of carbonyl (C=O) groups is 2. The summed E-state index contributed by atoms with van der Waals surface area (Å²) in [6, 6.07) is 3.59. The predicted molar refractivity (Wildman–Crippen MR) is 86.8 cm³/mol. The van der Waals surface area contributed by atoms with Gasteiger partial charge in [0.15, 0.2) is 0 Å². The lowest BCUT2D eigenvalue weighted by atomic mass is 9.96. The van der Waals surface area contributed by atoms with Crippen molar-refractivity contribution >= 4 is 35.6 Å². The maximum Gasteiger partial charge on any atom is 0.261 e. The van der Waals surface area contributed by atoms with Crippen LogP contribution in [0.5, 0.6) is 0 Å². The van der Waals surface area contributed by atoms with Gasteiger partial charge in [0, 0.05) is 19.5 Å². The van der Waals surface area contributed by atoms with E-state index in [1.807, 2.05) is 18.4 Å². The molecule has 21 heavy (non-hydrogen) atoms. The number of carbonyl (C=O) groups excluding carboxylic acids is 2. The molecule has 1 fully saturated rings. The smallest absolute Gasteiger partial charge is 0.261 e. The molecule has 1 aliphatic carbocycles. The third kappa shape index (κ3) is 4.98. The fourth-order valence-electron chi connectivity index (χ4n) is 2.21. The Morgan fingerprint density at radius 2 is 2.19 bits per heavy atom. The Labute approximate surface area is 135 Å². The third-order valence-corrected chi connectivity index (χ3v) is 4.58. The summed E-state index contributed by atoms with van der Waals surface area (Å²) in [6.07, 6.45) is 2.53. The number of thiophene rings is 1. The molecule has 1 saturated carbocycles. The standard InChI is InChI=1S/C14H21N3O2S.ClH/c1-14(9-15,10-4-5-10)17-12(18)6-7-16-13(19)11-3-2-8-20-11;/h2-3,8,10H,4-7,9,15H2,1H3,(H,16,19)(H,17,18);1H. The zero-order valence-corrected chi connectivity index (χ0v) is 13.7. The second-order valence-electron chi connectivity index (χ2n) is 5.43. The highest BCUT2D eigenvalue weighted by atomic mass is 35.5. The maximum absolute atomic E-state index is 11.9. The van der Waals surface area contributed by atoms with E-state index in [0.29, 0.717) is 23.9 Å². The number of halogens is 1. The molecule has 5 nitrogen and oxygen atoms in total. The molecule has 1 atom stereocenters. The number of nitrogens with one attached hydrogen (secondary N) is 2. The average Bonchev–Trinajstić information content (AvgIpc) is 3.14. The first-order valence-corrected chi connectivity index (χ1v) is 7.76. The van der Waals surface area contributed by atoms with Crippen LogP contribution in [0.1, 0.15) is 35.9 Å². The number of nitrogens with two attached hydrogens (primary N) is 1. The van der Waals surface area contributed by atoms with E-state index in [2.05, 4.69) is 10.6 Å². The van der Waals surface area contributed by atoms with E-state index in [0.717, 1.165) is 12.8 Å². The van der Waals surface area contributed by atoms with Crippen molar-refractivity contribution in [1.82, 2.24) is 10.6 Å². The minimum Gasteiger partial charge on any atom is -0.351 e. The van der Waals surface area contributed by atoms with Crippen LogP contribution in [0.3, 0.4) is 0 Å². The van der Waals surface area contributed by atoms with Crippen molar-refractivity contribution in [3.8, 4) is 0 Å². The zero-order chi connectivity index (χ0) is 14.6. The second-order valence-corrected chi connectivity index (χ2v) is 6.37. The lowest BCUT2D eigenvalue weighted by molar-refractivity contribution is -0.122. The monoisotopic (exact) mass is 331 g/mol. The predicted octanol–water partition coefficient (Wildman–Crippen LogP) is 1.53. The van der Waals surface area contributed by atoms with Crippen LogP contribution in [0.15, 0.2) is 17.5 Å². The topological polar surface area (TPSA) is 84.2 Å². The summed E-state index contributed by atoms with van der Waals surface area (Å²) >= 11 is 1.39. The van der Waals surface area contributed by atoms with E-state index in [9.17, 15) is 9.59 Å². The van der Waals surface area contributed by atoms with Crippen molar-refractivity contribution in [2.75, 3.05) is 13.1 Å². The minimum atomic E-state index is -0.297. The summed E-state index contributed by atoms with van der Waals surface area (Å²) in [7, 11) is 0. The van der Waals surface area contributed by atoms with Crippen LogP contribution >= 0.6 is 23.7 Å². The first-order chi connectivity index (χ1) is 9.55. The van der Waals surface area contributed by atoms with Gasteiger partial charge in [0.05, 0.1) is 10.4 Å². The van der Waals surface area contributed by atoms with E-state index in [1.165, 1.54) is 11.3 Å². The molecule has 0 bridgehead atoms. The van der Waals surface area contributed by atoms with Crippen LogP contribution in [-0.2, 0) is 4.79 Å². The number of amides is 2. The van der Waals surface area contributed by atoms with Gasteiger partial charge in [0.1, 0.15) is 0 Å². The molecule has 1 aromatic rings. The highest BCUT2D eigenvalue weighted by molar-refractivity contribution is 7.12. The molecular formula is C14H22ClN3O2S. The molecule has 2 amide bonds. The van der Waals surface area contributed by atoms with Crippen LogP contribution < -0.4 is 16.4 Å². The summed E-state index contributed by atoms with van der Waals surface area (Å²) in [4.78, 5) is 24.3. The first kappa shape index (κ1) is 17.9. The largest absolute Gasteiger partial charge is 0.351 e. The lowest BCUT2D eigenvalue weighted by Crippen LogP contribution is -2.53. The molecule has 0 spiro atoms. The molecule has 0 radical (unpaired) electrons. The molecule has 0 aromatic carbocycles. The molecule has 1 aromatic heterocycles. The van der Waals surface area contributed by atoms with Gasteiger partial charge in [0.25, 0.3) is 5.91 Å². The van der Waals surface area contributed by atoms with Crippen LogP contribution in [0.2, 0.25) is 0 Å². The fourth-order valence-corrected chi connectivity index (χ4v) is 2.85. The molecule has 0 aliphatic heterocycles. The molecule has 118 valence electrons. The van der Waals surface area contributed by atoms with Crippen molar-refractivity contribution in [2.45, 2.75) is 31.7 Å². The molecule has 1 unspecified atom stereocenters. The number of rotatable bonds is 7. The van der Waals surface area contributed by atoms with Gasteiger partial charge >= 0.3 is 0 Å². The molecule has 1 heterocycles.